The summed E-state index contributed by atoms with van der Waals surface area (Å²) in [5.41, 5.74) is 0. The minimum atomic E-state index is -1.14. The van der Waals surface area contributed by atoms with E-state index in [0.717, 1.165) is 0 Å². The first-order chi connectivity index (χ1) is 9.08. The summed E-state index contributed by atoms with van der Waals surface area (Å²) < 4.78 is 5.02. The largest absolute Gasteiger partial charge is 0.475 e. The predicted octanol–water partition coefficient (Wildman–Crippen LogP) is 0.892. The smallest absolute Gasteiger partial charge is 0.371 e. The molecule has 106 valence electrons. The highest BCUT2D eigenvalue weighted by Crippen LogP contribution is 2.07. The van der Waals surface area contributed by atoms with Gasteiger partial charge >= 0.3 is 12.0 Å². The number of aromatic carboxylic acids is 1. The standard InChI is InChI=1S/C12H18N2O5/c1-2-14(6-3-7-15)12(18)13-8-9-4-5-10(19-9)11(16)17/h4-5,15H,2-3,6-8H2,1H3,(H,13,18)(H,16,17). The molecule has 3 N–H and O–H groups in total. The van der Waals surface area contributed by atoms with E-state index in [1.807, 2.05) is 6.92 Å². The van der Waals surface area contributed by atoms with Crippen molar-refractivity contribution in [3.8, 4) is 0 Å². The highest BCUT2D eigenvalue weighted by atomic mass is 16.4. The summed E-state index contributed by atoms with van der Waals surface area (Å²) >= 11 is 0. The zero-order chi connectivity index (χ0) is 14.3. The zero-order valence-corrected chi connectivity index (χ0v) is 10.8. The summed E-state index contributed by atoms with van der Waals surface area (Å²) in [7, 11) is 0. The molecule has 7 nitrogen and oxygen atoms in total. The number of nitrogens with zero attached hydrogens (tertiary/aromatic N) is 1. The third-order valence-electron chi connectivity index (χ3n) is 2.54. The Labute approximate surface area is 110 Å². The van der Waals surface area contributed by atoms with Crippen molar-refractivity contribution >= 4 is 12.0 Å². The number of carboxylic acid groups (broad SMARTS) is 1. The maximum Gasteiger partial charge on any atom is 0.371 e. The lowest BCUT2D eigenvalue weighted by atomic mass is 10.4. The number of carbonyl (C=O) groups excluding carboxylic acids is 1. The third-order valence-corrected chi connectivity index (χ3v) is 2.54. The lowest BCUT2D eigenvalue weighted by Gasteiger charge is -2.20. The van der Waals surface area contributed by atoms with Gasteiger partial charge in [0, 0.05) is 19.7 Å². The van der Waals surface area contributed by atoms with Crippen molar-refractivity contribution < 1.29 is 24.2 Å². The number of amides is 2. The summed E-state index contributed by atoms with van der Waals surface area (Å²) in [6, 6.07) is 2.57. The first-order valence-corrected chi connectivity index (χ1v) is 6.04. The van der Waals surface area contributed by atoms with E-state index in [4.69, 9.17) is 14.6 Å². The Balaban J connectivity index is 2.45. The number of urea groups is 1. The third kappa shape index (κ3) is 4.63. The van der Waals surface area contributed by atoms with Gasteiger partial charge in [0.25, 0.3) is 0 Å². The number of hydrogen-bond donors (Lipinski definition) is 3. The molecule has 0 radical (unpaired) electrons. The number of hydrogen-bond acceptors (Lipinski definition) is 4. The van der Waals surface area contributed by atoms with Gasteiger partial charge in [0.05, 0.1) is 6.54 Å². The minimum Gasteiger partial charge on any atom is -0.475 e. The molecule has 0 aromatic carbocycles. The Morgan fingerprint density at radius 2 is 2.16 bits per heavy atom. The van der Waals surface area contributed by atoms with Crippen LogP contribution in [0.4, 0.5) is 4.79 Å². The molecule has 2 amide bonds. The van der Waals surface area contributed by atoms with Crippen molar-refractivity contribution in [3.63, 3.8) is 0 Å². The van der Waals surface area contributed by atoms with E-state index in [1.165, 1.54) is 12.1 Å². The minimum absolute atomic E-state index is 0.0317. The van der Waals surface area contributed by atoms with Crippen molar-refractivity contribution in [1.29, 1.82) is 0 Å². The maximum atomic E-state index is 11.8. The van der Waals surface area contributed by atoms with Crippen LogP contribution in [0.2, 0.25) is 0 Å². The van der Waals surface area contributed by atoms with E-state index in [2.05, 4.69) is 5.32 Å². The number of carboxylic acids is 1. The summed E-state index contributed by atoms with van der Waals surface area (Å²) in [5.74, 6) is -0.920. The average molecular weight is 270 g/mol. The molecule has 1 aromatic rings. The number of aliphatic hydroxyl groups excluding tert-OH is 1. The Morgan fingerprint density at radius 1 is 1.42 bits per heavy atom. The molecule has 19 heavy (non-hydrogen) atoms. The van der Waals surface area contributed by atoms with Crippen molar-refractivity contribution in [2.45, 2.75) is 19.9 Å². The van der Waals surface area contributed by atoms with E-state index < -0.39 is 5.97 Å². The number of nitrogens with one attached hydrogen (secondary N) is 1. The van der Waals surface area contributed by atoms with Crippen LogP contribution in [0, 0.1) is 0 Å². The summed E-state index contributed by atoms with van der Waals surface area (Å²) in [5, 5.41) is 20.0. The molecule has 1 rings (SSSR count). The van der Waals surface area contributed by atoms with Crippen LogP contribution < -0.4 is 5.32 Å². The predicted molar refractivity (Wildman–Crippen MR) is 66.9 cm³/mol. The fourth-order valence-electron chi connectivity index (χ4n) is 1.53. The molecule has 0 unspecified atom stereocenters. The van der Waals surface area contributed by atoms with Crippen LogP contribution in [0.5, 0.6) is 0 Å². The van der Waals surface area contributed by atoms with Gasteiger partial charge in [0.2, 0.25) is 5.76 Å². The van der Waals surface area contributed by atoms with E-state index in [9.17, 15) is 9.59 Å². The average Bonchev–Trinajstić information content (AvgIpc) is 2.86. The second-order valence-electron chi connectivity index (χ2n) is 3.89. The molecule has 0 bridgehead atoms. The first-order valence-electron chi connectivity index (χ1n) is 6.04. The van der Waals surface area contributed by atoms with Gasteiger partial charge in [-0.2, -0.15) is 0 Å². The topological polar surface area (TPSA) is 103 Å². The van der Waals surface area contributed by atoms with Gasteiger partial charge in [0.15, 0.2) is 0 Å². The SMILES string of the molecule is CCN(CCCO)C(=O)NCc1ccc(C(=O)O)o1. The molecule has 0 saturated carbocycles. The molecular weight excluding hydrogens is 252 g/mol. The molecule has 0 atom stereocenters. The van der Waals surface area contributed by atoms with Crippen molar-refractivity contribution in [1.82, 2.24) is 10.2 Å². The molecule has 0 aliphatic heterocycles. The summed E-state index contributed by atoms with van der Waals surface area (Å²) in [4.78, 5) is 23.9. The molecular formula is C12H18N2O5. The molecule has 0 fully saturated rings. The highest BCUT2D eigenvalue weighted by molar-refractivity contribution is 5.84. The lowest BCUT2D eigenvalue weighted by Crippen LogP contribution is -2.40. The monoisotopic (exact) mass is 270 g/mol. The number of furan rings is 1. The van der Waals surface area contributed by atoms with Gasteiger partial charge in [-0.15, -0.1) is 0 Å². The first kappa shape index (κ1) is 15.0. The van der Waals surface area contributed by atoms with Gasteiger partial charge in [0.1, 0.15) is 5.76 Å². The molecule has 1 aromatic heterocycles. The molecule has 0 spiro atoms. The van der Waals surface area contributed by atoms with Crippen molar-refractivity contribution in [3.05, 3.63) is 23.7 Å². The van der Waals surface area contributed by atoms with Crippen molar-refractivity contribution in [2.75, 3.05) is 19.7 Å². The molecule has 0 saturated heterocycles. The number of aliphatic hydroxyl groups is 1. The molecule has 1 heterocycles. The number of carbonyl (C=O) groups is 2. The zero-order valence-electron chi connectivity index (χ0n) is 10.8. The molecule has 7 heteroatoms. The Morgan fingerprint density at radius 3 is 2.68 bits per heavy atom. The van der Waals surface area contributed by atoms with E-state index in [0.29, 0.717) is 25.3 Å². The Bertz CT molecular complexity index is 430. The van der Waals surface area contributed by atoms with Crippen LogP contribution in [0.25, 0.3) is 0 Å². The molecule has 0 aliphatic carbocycles. The van der Waals surface area contributed by atoms with Gasteiger partial charge in [-0.3, -0.25) is 0 Å². The Kier molecular flexibility index (Phi) is 5.87. The Hall–Kier alpha value is -2.02. The van der Waals surface area contributed by atoms with Gasteiger partial charge in [-0.05, 0) is 25.5 Å². The van der Waals surface area contributed by atoms with Crippen LogP contribution in [0.15, 0.2) is 16.5 Å². The van der Waals surface area contributed by atoms with Crippen LogP contribution in [0.3, 0.4) is 0 Å². The van der Waals surface area contributed by atoms with Gasteiger partial charge in [-0.1, -0.05) is 0 Å². The normalized spacial score (nSPS) is 10.2. The summed E-state index contributed by atoms with van der Waals surface area (Å²) in [6.45, 7) is 3.00. The van der Waals surface area contributed by atoms with Crippen LogP contribution >= 0.6 is 0 Å². The van der Waals surface area contributed by atoms with Gasteiger partial charge in [-0.25, -0.2) is 9.59 Å². The maximum absolute atomic E-state index is 11.8. The second kappa shape index (κ2) is 7.42. The van der Waals surface area contributed by atoms with Gasteiger partial charge < -0.3 is 24.8 Å². The fraction of sp³-hybridized carbons (Fsp3) is 0.500. The van der Waals surface area contributed by atoms with Crippen LogP contribution in [-0.4, -0.2) is 46.8 Å². The van der Waals surface area contributed by atoms with E-state index in [-0.39, 0.29) is 24.9 Å². The summed E-state index contributed by atoms with van der Waals surface area (Å²) in [6.07, 6.45) is 0.519. The second-order valence-corrected chi connectivity index (χ2v) is 3.89. The lowest BCUT2D eigenvalue weighted by molar-refractivity contribution is 0.0660. The van der Waals surface area contributed by atoms with Crippen LogP contribution in [-0.2, 0) is 6.54 Å². The van der Waals surface area contributed by atoms with Crippen molar-refractivity contribution in [2.24, 2.45) is 0 Å². The number of rotatable bonds is 7. The molecule has 0 aliphatic rings. The van der Waals surface area contributed by atoms with E-state index in [1.54, 1.807) is 4.90 Å². The van der Waals surface area contributed by atoms with Crippen LogP contribution in [0.1, 0.15) is 29.7 Å². The van der Waals surface area contributed by atoms with E-state index >= 15 is 0 Å². The fourth-order valence-corrected chi connectivity index (χ4v) is 1.53. The quantitative estimate of drug-likeness (QED) is 0.682. The highest BCUT2D eigenvalue weighted by Gasteiger charge is 2.13.